The maximum absolute atomic E-state index is 10.9. The SMILES string of the molecule is CCCCCC/C=C\CCCCCCCC[C@H](O)[C@@H](O)COC(c1ccccc1)(c1ccccc1)c1ccccc1. The van der Waals surface area contributed by atoms with E-state index in [2.05, 4.69) is 55.5 Å². The van der Waals surface area contributed by atoms with E-state index in [4.69, 9.17) is 4.74 Å². The van der Waals surface area contributed by atoms with E-state index in [9.17, 15) is 10.2 Å². The largest absolute Gasteiger partial charge is 0.390 e. The molecule has 222 valence electrons. The zero-order chi connectivity index (χ0) is 29.0. The van der Waals surface area contributed by atoms with Gasteiger partial charge < -0.3 is 14.9 Å². The van der Waals surface area contributed by atoms with Crippen LogP contribution in [0.1, 0.15) is 107 Å². The molecule has 3 nitrogen and oxygen atoms in total. The van der Waals surface area contributed by atoms with Gasteiger partial charge in [0.2, 0.25) is 0 Å². The van der Waals surface area contributed by atoms with Crippen LogP contribution in [0.5, 0.6) is 0 Å². The Balaban J connectivity index is 1.45. The van der Waals surface area contributed by atoms with E-state index < -0.39 is 17.8 Å². The third-order valence-corrected chi connectivity index (χ3v) is 7.97. The van der Waals surface area contributed by atoms with Crippen LogP contribution in [0.3, 0.4) is 0 Å². The van der Waals surface area contributed by atoms with Crippen molar-refractivity contribution in [3.05, 3.63) is 120 Å². The van der Waals surface area contributed by atoms with Crippen LogP contribution in [-0.2, 0) is 10.3 Å². The molecular weight excluding hydrogens is 504 g/mol. The van der Waals surface area contributed by atoms with Gasteiger partial charge in [-0.2, -0.15) is 0 Å². The molecule has 0 spiro atoms. The van der Waals surface area contributed by atoms with E-state index in [1.54, 1.807) is 0 Å². The highest BCUT2D eigenvalue weighted by molar-refractivity contribution is 5.47. The number of aliphatic hydroxyl groups excluding tert-OH is 2. The molecule has 3 rings (SSSR count). The molecule has 0 unspecified atom stereocenters. The lowest BCUT2D eigenvalue weighted by Gasteiger charge is -2.37. The topological polar surface area (TPSA) is 49.7 Å². The van der Waals surface area contributed by atoms with Gasteiger partial charge in [0, 0.05) is 0 Å². The monoisotopic (exact) mass is 556 g/mol. The molecule has 0 aromatic heterocycles. The summed E-state index contributed by atoms with van der Waals surface area (Å²) in [5.74, 6) is 0. The number of rotatable bonds is 21. The molecule has 3 aromatic rings. The molecule has 0 saturated carbocycles. The highest BCUT2D eigenvalue weighted by Crippen LogP contribution is 2.40. The lowest BCUT2D eigenvalue weighted by atomic mass is 9.80. The van der Waals surface area contributed by atoms with Crippen molar-refractivity contribution in [1.82, 2.24) is 0 Å². The van der Waals surface area contributed by atoms with E-state index >= 15 is 0 Å². The van der Waals surface area contributed by atoms with Gasteiger partial charge in [0.05, 0.1) is 12.7 Å². The van der Waals surface area contributed by atoms with Crippen LogP contribution in [0.25, 0.3) is 0 Å². The van der Waals surface area contributed by atoms with Crippen LogP contribution in [0, 0.1) is 0 Å². The molecule has 0 heterocycles. The first-order chi connectivity index (χ1) is 20.2. The van der Waals surface area contributed by atoms with E-state index in [0.717, 1.165) is 29.5 Å². The Labute approximate surface area is 249 Å². The van der Waals surface area contributed by atoms with Gasteiger partial charge in [-0.15, -0.1) is 0 Å². The summed E-state index contributed by atoms with van der Waals surface area (Å²) in [6, 6.07) is 30.4. The van der Waals surface area contributed by atoms with Crippen molar-refractivity contribution >= 4 is 0 Å². The molecule has 3 aromatic carbocycles. The molecular formula is C38H52O3. The Bertz CT molecular complexity index is 968. The second kappa shape index (κ2) is 19.4. The second-order valence-electron chi connectivity index (χ2n) is 11.2. The van der Waals surface area contributed by atoms with Crippen molar-refractivity contribution in [2.24, 2.45) is 0 Å². The number of hydrogen-bond acceptors (Lipinski definition) is 3. The van der Waals surface area contributed by atoms with E-state index in [1.165, 1.54) is 64.2 Å². The summed E-state index contributed by atoms with van der Waals surface area (Å²) >= 11 is 0. The number of benzene rings is 3. The third kappa shape index (κ3) is 10.9. The Morgan fingerprint density at radius 1 is 0.561 bits per heavy atom. The Kier molecular flexibility index (Phi) is 15.5. The van der Waals surface area contributed by atoms with Crippen molar-refractivity contribution < 1.29 is 14.9 Å². The summed E-state index contributed by atoms with van der Waals surface area (Å²) in [5.41, 5.74) is 2.07. The van der Waals surface area contributed by atoms with Crippen LogP contribution in [0.4, 0.5) is 0 Å². The number of unbranched alkanes of at least 4 members (excludes halogenated alkanes) is 10. The first-order valence-electron chi connectivity index (χ1n) is 16.0. The zero-order valence-electron chi connectivity index (χ0n) is 25.2. The summed E-state index contributed by atoms with van der Waals surface area (Å²) in [6.45, 7) is 2.29. The third-order valence-electron chi connectivity index (χ3n) is 7.97. The van der Waals surface area contributed by atoms with Crippen LogP contribution in [-0.4, -0.2) is 29.0 Å². The minimum absolute atomic E-state index is 0.0337. The van der Waals surface area contributed by atoms with Gasteiger partial charge >= 0.3 is 0 Å². The number of ether oxygens (including phenoxy) is 1. The average molecular weight is 557 g/mol. The predicted octanol–water partition coefficient (Wildman–Crippen LogP) is 9.36. The molecule has 0 saturated heterocycles. The molecule has 0 fully saturated rings. The van der Waals surface area contributed by atoms with Crippen molar-refractivity contribution in [3.8, 4) is 0 Å². The van der Waals surface area contributed by atoms with Gasteiger partial charge in [0.25, 0.3) is 0 Å². The fourth-order valence-corrected chi connectivity index (χ4v) is 5.53. The number of hydrogen-bond donors (Lipinski definition) is 2. The van der Waals surface area contributed by atoms with E-state index in [0.29, 0.717) is 6.42 Å². The van der Waals surface area contributed by atoms with Crippen molar-refractivity contribution in [3.63, 3.8) is 0 Å². The summed E-state index contributed by atoms with van der Waals surface area (Å²) in [4.78, 5) is 0. The van der Waals surface area contributed by atoms with Crippen molar-refractivity contribution in [2.45, 2.75) is 108 Å². The Morgan fingerprint density at radius 3 is 1.44 bits per heavy atom. The van der Waals surface area contributed by atoms with Crippen LogP contribution < -0.4 is 0 Å². The molecule has 3 heteroatoms. The van der Waals surface area contributed by atoms with Gasteiger partial charge in [-0.25, -0.2) is 0 Å². The minimum Gasteiger partial charge on any atom is -0.390 e. The first-order valence-corrected chi connectivity index (χ1v) is 16.0. The molecule has 0 aliphatic heterocycles. The second-order valence-corrected chi connectivity index (χ2v) is 11.2. The molecule has 41 heavy (non-hydrogen) atoms. The van der Waals surface area contributed by atoms with Crippen LogP contribution in [0.15, 0.2) is 103 Å². The Hall–Kier alpha value is -2.72. The maximum Gasteiger partial charge on any atom is 0.143 e. The predicted molar refractivity (Wildman–Crippen MR) is 172 cm³/mol. The fraction of sp³-hybridized carbons (Fsp3) is 0.474. The fourth-order valence-electron chi connectivity index (χ4n) is 5.53. The van der Waals surface area contributed by atoms with Gasteiger partial charge in [0.1, 0.15) is 11.7 Å². The maximum atomic E-state index is 10.9. The smallest absolute Gasteiger partial charge is 0.143 e. The molecule has 0 bridgehead atoms. The highest BCUT2D eigenvalue weighted by Gasteiger charge is 2.38. The molecule has 2 atom stereocenters. The standard InChI is InChI=1S/C38H52O3/c1-2-3-4-5-6-7-8-9-10-11-12-13-14-24-31-36(39)37(40)32-41-38(33-25-18-15-19-26-33,34-27-20-16-21-28-34)35-29-22-17-23-30-35/h7-8,15-23,25-30,36-37,39-40H,2-6,9-14,24,31-32H2,1H3/b8-7-/t36-,37-/m0/s1. The van der Waals surface area contributed by atoms with E-state index in [1.807, 2.05) is 54.6 Å². The average Bonchev–Trinajstić information content (AvgIpc) is 3.03. The van der Waals surface area contributed by atoms with Crippen LogP contribution in [0.2, 0.25) is 0 Å². The lowest BCUT2D eigenvalue weighted by molar-refractivity contribution is -0.0802. The first kappa shape index (κ1) is 32.8. The summed E-state index contributed by atoms with van der Waals surface area (Å²) < 4.78 is 6.68. The molecule has 0 amide bonds. The molecule has 0 aliphatic rings. The quantitative estimate of drug-likeness (QED) is 0.0780. The minimum atomic E-state index is -0.959. The molecule has 0 radical (unpaired) electrons. The molecule has 0 aliphatic carbocycles. The normalized spacial score (nSPS) is 13.4. The van der Waals surface area contributed by atoms with Crippen molar-refractivity contribution in [1.29, 1.82) is 0 Å². The lowest BCUT2D eigenvalue weighted by Crippen LogP contribution is -2.39. The Morgan fingerprint density at radius 2 is 0.976 bits per heavy atom. The molecule has 2 N–H and O–H groups in total. The summed E-state index contributed by atoms with van der Waals surface area (Å²) in [5, 5.41) is 21.7. The van der Waals surface area contributed by atoms with E-state index in [-0.39, 0.29) is 6.61 Å². The zero-order valence-corrected chi connectivity index (χ0v) is 25.2. The van der Waals surface area contributed by atoms with Crippen LogP contribution >= 0.6 is 0 Å². The number of aliphatic hydroxyl groups is 2. The van der Waals surface area contributed by atoms with Gasteiger partial charge in [-0.05, 0) is 48.8 Å². The van der Waals surface area contributed by atoms with Crippen molar-refractivity contribution in [2.75, 3.05) is 6.61 Å². The highest BCUT2D eigenvalue weighted by atomic mass is 16.5. The van der Waals surface area contributed by atoms with Gasteiger partial charge in [-0.3, -0.25) is 0 Å². The summed E-state index contributed by atoms with van der Waals surface area (Å²) in [7, 11) is 0. The van der Waals surface area contributed by atoms with Gasteiger partial charge in [-0.1, -0.05) is 161 Å². The summed E-state index contributed by atoms with van der Waals surface area (Å²) in [6.07, 6.45) is 18.2. The number of allylic oxidation sites excluding steroid dienone is 2. The van der Waals surface area contributed by atoms with Gasteiger partial charge in [0.15, 0.2) is 0 Å².